The van der Waals surface area contributed by atoms with Crippen LogP contribution in [0, 0.1) is 0 Å². The van der Waals surface area contributed by atoms with E-state index in [9.17, 15) is 5.11 Å². The highest BCUT2D eigenvalue weighted by atomic mass is 16.3. The van der Waals surface area contributed by atoms with Gasteiger partial charge >= 0.3 is 0 Å². The lowest BCUT2D eigenvalue weighted by Gasteiger charge is -2.30. The minimum Gasteiger partial charge on any atom is -0.396 e. The molecule has 0 amide bonds. The van der Waals surface area contributed by atoms with Crippen LogP contribution in [-0.2, 0) is 6.42 Å². The van der Waals surface area contributed by atoms with E-state index >= 15 is 0 Å². The maximum Gasteiger partial charge on any atom is 0.0679 e. The number of hydrogen-bond donors (Lipinski definition) is 2. The lowest BCUT2D eigenvalue weighted by atomic mass is 9.94. The summed E-state index contributed by atoms with van der Waals surface area (Å²) in [7, 11) is 0. The summed E-state index contributed by atoms with van der Waals surface area (Å²) in [4.78, 5) is 2.49. The highest BCUT2D eigenvalue weighted by molar-refractivity contribution is 5.14. The summed E-state index contributed by atoms with van der Waals surface area (Å²) in [5.74, 6) is 0. The van der Waals surface area contributed by atoms with Crippen LogP contribution in [0.5, 0.6) is 0 Å². The third kappa shape index (κ3) is 5.77. The molecule has 0 bridgehead atoms. The number of β-amino-alcohol motifs (C(OH)–C–C–N with tert-alkyl or cyclic N) is 1. The third-order valence-electron chi connectivity index (χ3n) is 4.53. The van der Waals surface area contributed by atoms with Crippen molar-refractivity contribution in [3.8, 4) is 0 Å². The van der Waals surface area contributed by atoms with Crippen molar-refractivity contribution in [2.24, 2.45) is 0 Å². The molecule has 1 aliphatic heterocycles. The SMILES string of the molecule is OC1CCN(C2CCCCC2)C1.OCCc1ccccc1. The highest BCUT2D eigenvalue weighted by Gasteiger charge is 2.27. The molecule has 0 radical (unpaired) electrons. The fraction of sp³-hybridized carbons (Fsp3) is 0.667. The monoisotopic (exact) mass is 291 g/mol. The molecule has 3 nitrogen and oxygen atoms in total. The molecule has 2 fully saturated rings. The average Bonchev–Trinajstić information content (AvgIpc) is 2.97. The molecule has 1 unspecified atom stereocenters. The predicted molar refractivity (Wildman–Crippen MR) is 86.3 cm³/mol. The maximum absolute atomic E-state index is 9.39. The Morgan fingerprint density at radius 1 is 1.00 bits per heavy atom. The second kappa shape index (κ2) is 9.19. The summed E-state index contributed by atoms with van der Waals surface area (Å²) >= 11 is 0. The first-order valence-corrected chi connectivity index (χ1v) is 8.36. The molecule has 1 saturated heterocycles. The quantitative estimate of drug-likeness (QED) is 0.899. The molecule has 1 aromatic carbocycles. The predicted octanol–water partition coefficient (Wildman–Crippen LogP) is 2.61. The Morgan fingerprint density at radius 2 is 1.71 bits per heavy atom. The number of benzene rings is 1. The van der Waals surface area contributed by atoms with Crippen LogP contribution in [0.2, 0.25) is 0 Å². The minimum absolute atomic E-state index is 0.0353. The van der Waals surface area contributed by atoms with Gasteiger partial charge in [0.05, 0.1) is 6.10 Å². The summed E-state index contributed by atoms with van der Waals surface area (Å²) in [6.45, 7) is 2.31. The molecule has 2 aliphatic rings. The number of rotatable bonds is 3. The van der Waals surface area contributed by atoms with Gasteiger partial charge in [0.2, 0.25) is 0 Å². The van der Waals surface area contributed by atoms with E-state index < -0.39 is 0 Å². The summed E-state index contributed by atoms with van der Waals surface area (Å²) in [6, 6.07) is 10.7. The van der Waals surface area contributed by atoms with Crippen LogP contribution < -0.4 is 0 Å². The first-order valence-electron chi connectivity index (χ1n) is 8.36. The second-order valence-corrected chi connectivity index (χ2v) is 6.19. The van der Waals surface area contributed by atoms with Gasteiger partial charge in [-0.05, 0) is 31.2 Å². The summed E-state index contributed by atoms with van der Waals surface area (Å²) in [5, 5.41) is 17.9. The number of aliphatic hydroxyl groups excluding tert-OH is 2. The average molecular weight is 291 g/mol. The molecule has 2 N–H and O–H groups in total. The normalized spacial score (nSPS) is 23.6. The molecule has 1 saturated carbocycles. The third-order valence-corrected chi connectivity index (χ3v) is 4.53. The van der Waals surface area contributed by atoms with Crippen LogP contribution >= 0.6 is 0 Å². The lowest BCUT2D eigenvalue weighted by molar-refractivity contribution is 0.142. The van der Waals surface area contributed by atoms with Crippen LogP contribution in [0.3, 0.4) is 0 Å². The number of hydrogen-bond acceptors (Lipinski definition) is 3. The molecule has 3 heteroatoms. The summed E-state index contributed by atoms with van der Waals surface area (Å²) in [6.07, 6.45) is 8.69. The van der Waals surface area contributed by atoms with Crippen LogP contribution in [0.4, 0.5) is 0 Å². The Morgan fingerprint density at radius 3 is 2.29 bits per heavy atom. The van der Waals surface area contributed by atoms with Crippen molar-refractivity contribution >= 4 is 0 Å². The van der Waals surface area contributed by atoms with Gasteiger partial charge in [0.1, 0.15) is 0 Å². The maximum atomic E-state index is 9.39. The van der Waals surface area contributed by atoms with E-state index in [1.165, 1.54) is 37.7 Å². The zero-order valence-corrected chi connectivity index (χ0v) is 13.0. The van der Waals surface area contributed by atoms with Gasteiger partial charge < -0.3 is 10.2 Å². The zero-order chi connectivity index (χ0) is 14.9. The molecule has 0 aromatic heterocycles. The number of nitrogens with zero attached hydrogens (tertiary/aromatic N) is 1. The minimum atomic E-state index is -0.0353. The number of aliphatic hydroxyl groups is 2. The molecule has 0 spiro atoms. The second-order valence-electron chi connectivity index (χ2n) is 6.19. The molecule has 118 valence electrons. The molecule has 1 atom stereocenters. The van der Waals surface area contributed by atoms with E-state index in [4.69, 9.17) is 5.11 Å². The largest absolute Gasteiger partial charge is 0.396 e. The van der Waals surface area contributed by atoms with Crippen molar-refractivity contribution in [3.05, 3.63) is 35.9 Å². The van der Waals surface area contributed by atoms with Crippen molar-refractivity contribution in [1.29, 1.82) is 0 Å². The fourth-order valence-corrected chi connectivity index (χ4v) is 3.32. The van der Waals surface area contributed by atoms with Gasteiger partial charge in [-0.15, -0.1) is 0 Å². The molecule has 1 aromatic rings. The standard InChI is InChI=1S/C10H19NO.C8H10O/c12-10-6-7-11(8-10)9-4-2-1-3-5-9;9-7-6-8-4-2-1-3-5-8/h9-10,12H,1-8H2;1-5,9H,6-7H2. The Labute approximate surface area is 128 Å². The molecular weight excluding hydrogens is 262 g/mol. The smallest absolute Gasteiger partial charge is 0.0679 e. The van der Waals surface area contributed by atoms with Gasteiger partial charge in [-0.2, -0.15) is 0 Å². The Hall–Kier alpha value is -0.900. The molecule has 1 heterocycles. The van der Waals surface area contributed by atoms with Gasteiger partial charge in [-0.25, -0.2) is 0 Å². The molecule has 21 heavy (non-hydrogen) atoms. The Balaban J connectivity index is 0.000000161. The van der Waals surface area contributed by atoms with Gasteiger partial charge in [-0.1, -0.05) is 49.6 Å². The van der Waals surface area contributed by atoms with E-state index in [1.807, 2.05) is 30.3 Å². The van der Waals surface area contributed by atoms with Gasteiger partial charge in [0.15, 0.2) is 0 Å². The van der Waals surface area contributed by atoms with E-state index in [-0.39, 0.29) is 12.7 Å². The van der Waals surface area contributed by atoms with Gasteiger partial charge in [-0.3, -0.25) is 4.90 Å². The summed E-state index contributed by atoms with van der Waals surface area (Å²) in [5.41, 5.74) is 1.19. The van der Waals surface area contributed by atoms with E-state index in [0.29, 0.717) is 0 Å². The van der Waals surface area contributed by atoms with E-state index in [0.717, 1.165) is 32.0 Å². The van der Waals surface area contributed by atoms with Crippen molar-refractivity contribution in [3.63, 3.8) is 0 Å². The Bertz CT molecular complexity index is 373. The van der Waals surface area contributed by atoms with Crippen molar-refractivity contribution in [1.82, 2.24) is 4.90 Å². The van der Waals surface area contributed by atoms with Crippen molar-refractivity contribution < 1.29 is 10.2 Å². The van der Waals surface area contributed by atoms with Crippen molar-refractivity contribution in [2.45, 2.75) is 57.1 Å². The molecule has 3 rings (SSSR count). The molecule has 1 aliphatic carbocycles. The Kier molecular flexibility index (Phi) is 7.20. The van der Waals surface area contributed by atoms with Crippen LogP contribution in [0.25, 0.3) is 0 Å². The van der Waals surface area contributed by atoms with Crippen LogP contribution in [0.15, 0.2) is 30.3 Å². The van der Waals surface area contributed by atoms with Crippen LogP contribution in [-0.4, -0.2) is 47.0 Å². The van der Waals surface area contributed by atoms with E-state index in [1.54, 1.807) is 0 Å². The van der Waals surface area contributed by atoms with Gasteiger partial charge in [0, 0.05) is 25.7 Å². The van der Waals surface area contributed by atoms with Crippen molar-refractivity contribution in [2.75, 3.05) is 19.7 Å². The van der Waals surface area contributed by atoms with Crippen LogP contribution in [0.1, 0.15) is 44.1 Å². The van der Waals surface area contributed by atoms with Gasteiger partial charge in [0.25, 0.3) is 0 Å². The topological polar surface area (TPSA) is 43.7 Å². The number of likely N-dealkylation sites (tertiary alicyclic amines) is 1. The highest BCUT2D eigenvalue weighted by Crippen LogP contribution is 2.25. The zero-order valence-electron chi connectivity index (χ0n) is 13.0. The van der Waals surface area contributed by atoms with E-state index in [2.05, 4.69) is 4.90 Å². The fourth-order valence-electron chi connectivity index (χ4n) is 3.32. The first-order chi connectivity index (χ1) is 10.3. The lowest BCUT2D eigenvalue weighted by Crippen LogP contribution is -2.35. The molecular formula is C18H29NO2. The first kappa shape index (κ1) is 16.5. The summed E-state index contributed by atoms with van der Waals surface area (Å²) < 4.78 is 0.